The molecule has 1 aromatic carbocycles. The van der Waals surface area contributed by atoms with Crippen molar-refractivity contribution >= 4 is 15.7 Å². The normalized spacial score (nSPS) is 11.2. The number of primary amides is 1. The largest absolute Gasteiger partial charge is 0.370 e. The van der Waals surface area contributed by atoms with Crippen LogP contribution in [0, 0.1) is 0 Å². The molecule has 0 fully saturated rings. The van der Waals surface area contributed by atoms with Gasteiger partial charge in [-0.2, -0.15) is 0 Å². The first-order chi connectivity index (χ1) is 6.99. The van der Waals surface area contributed by atoms with Crippen molar-refractivity contribution in [2.45, 2.75) is 12.2 Å². The molecule has 1 rings (SSSR count). The highest BCUT2D eigenvalue weighted by atomic mass is 32.2. The Labute approximate surface area is 89.0 Å². The van der Waals surface area contributed by atoms with Crippen molar-refractivity contribution in [2.24, 2.45) is 5.73 Å². The van der Waals surface area contributed by atoms with Gasteiger partial charge in [-0.25, -0.2) is 8.42 Å². The zero-order chi connectivity index (χ0) is 11.3. The third-order valence-corrected chi connectivity index (χ3v) is 3.49. The van der Waals surface area contributed by atoms with Gasteiger partial charge in [-0.1, -0.05) is 30.3 Å². The van der Waals surface area contributed by atoms with Gasteiger partial charge >= 0.3 is 0 Å². The molecule has 15 heavy (non-hydrogen) atoms. The highest BCUT2D eigenvalue weighted by molar-refractivity contribution is 7.90. The number of sulfone groups is 1. The van der Waals surface area contributed by atoms with Crippen LogP contribution in [-0.4, -0.2) is 20.1 Å². The van der Waals surface area contributed by atoms with E-state index in [1.165, 1.54) is 0 Å². The van der Waals surface area contributed by atoms with E-state index in [4.69, 9.17) is 5.73 Å². The fourth-order valence-corrected chi connectivity index (χ4v) is 2.51. The van der Waals surface area contributed by atoms with Crippen LogP contribution in [0.25, 0.3) is 0 Å². The summed E-state index contributed by atoms with van der Waals surface area (Å²) in [6.45, 7) is 0. The Hall–Kier alpha value is -1.36. The smallest absolute Gasteiger partial charge is 0.218 e. The van der Waals surface area contributed by atoms with Gasteiger partial charge in [-0.3, -0.25) is 4.79 Å². The number of carbonyl (C=O) groups is 1. The van der Waals surface area contributed by atoms with Crippen LogP contribution >= 0.6 is 0 Å². The van der Waals surface area contributed by atoms with Crippen LogP contribution in [0.4, 0.5) is 0 Å². The van der Waals surface area contributed by atoms with Crippen LogP contribution < -0.4 is 5.73 Å². The van der Waals surface area contributed by atoms with Crippen LogP contribution in [0.1, 0.15) is 12.0 Å². The van der Waals surface area contributed by atoms with E-state index in [-0.39, 0.29) is 17.9 Å². The van der Waals surface area contributed by atoms with Gasteiger partial charge < -0.3 is 5.73 Å². The molecule has 0 radical (unpaired) electrons. The van der Waals surface area contributed by atoms with Gasteiger partial charge in [0.2, 0.25) is 5.91 Å². The summed E-state index contributed by atoms with van der Waals surface area (Å²) in [6.07, 6.45) is -0.116. The second-order valence-corrected chi connectivity index (χ2v) is 5.48. The molecule has 0 spiro atoms. The molecule has 5 heteroatoms. The van der Waals surface area contributed by atoms with Crippen LogP contribution in [-0.2, 0) is 20.4 Å². The van der Waals surface area contributed by atoms with Crippen molar-refractivity contribution < 1.29 is 13.2 Å². The minimum atomic E-state index is -3.23. The standard InChI is InChI=1S/C10H13NO3S/c11-10(12)6-7-15(13,14)8-9-4-2-1-3-5-9/h1-5H,6-8H2,(H2,11,12). The maximum absolute atomic E-state index is 11.5. The minimum Gasteiger partial charge on any atom is -0.370 e. The lowest BCUT2D eigenvalue weighted by molar-refractivity contribution is -0.117. The van der Waals surface area contributed by atoms with Gasteiger partial charge in [0.05, 0.1) is 11.5 Å². The van der Waals surface area contributed by atoms with E-state index in [1.807, 2.05) is 6.07 Å². The van der Waals surface area contributed by atoms with Crippen molar-refractivity contribution in [2.75, 3.05) is 5.75 Å². The monoisotopic (exact) mass is 227 g/mol. The Kier molecular flexibility index (Phi) is 3.85. The molecule has 0 heterocycles. The molecule has 2 N–H and O–H groups in total. The SMILES string of the molecule is NC(=O)CCS(=O)(=O)Cc1ccccc1. The first kappa shape index (κ1) is 11.7. The number of rotatable bonds is 5. The van der Waals surface area contributed by atoms with E-state index in [2.05, 4.69) is 0 Å². The van der Waals surface area contributed by atoms with Crippen molar-refractivity contribution in [1.82, 2.24) is 0 Å². The van der Waals surface area contributed by atoms with Gasteiger partial charge in [-0.15, -0.1) is 0 Å². The maximum atomic E-state index is 11.5. The van der Waals surface area contributed by atoms with Gasteiger partial charge in [0.15, 0.2) is 9.84 Å². The summed E-state index contributed by atoms with van der Waals surface area (Å²) in [6, 6.07) is 8.85. The Morgan fingerprint density at radius 2 is 1.80 bits per heavy atom. The van der Waals surface area contributed by atoms with Gasteiger partial charge in [-0.05, 0) is 5.56 Å². The number of hydrogen-bond donors (Lipinski definition) is 1. The molecule has 1 aromatic rings. The first-order valence-electron chi connectivity index (χ1n) is 4.52. The van der Waals surface area contributed by atoms with E-state index in [1.54, 1.807) is 24.3 Å². The van der Waals surface area contributed by atoms with E-state index >= 15 is 0 Å². The topological polar surface area (TPSA) is 77.2 Å². The molecule has 0 aliphatic rings. The summed E-state index contributed by atoms with van der Waals surface area (Å²) < 4.78 is 23.0. The molecule has 0 aromatic heterocycles. The van der Waals surface area contributed by atoms with Gasteiger partial charge in [0.25, 0.3) is 0 Å². The summed E-state index contributed by atoms with van der Waals surface area (Å²) in [5.74, 6) is -0.815. The zero-order valence-corrected chi connectivity index (χ0v) is 9.03. The van der Waals surface area contributed by atoms with Crippen LogP contribution in [0.15, 0.2) is 30.3 Å². The minimum absolute atomic E-state index is 0.0406. The molecule has 1 amide bonds. The second-order valence-electron chi connectivity index (χ2n) is 3.29. The molecule has 0 atom stereocenters. The molecule has 0 saturated heterocycles. The average Bonchev–Trinajstić information content (AvgIpc) is 2.16. The third-order valence-electron chi connectivity index (χ3n) is 1.89. The predicted octanol–water partition coefficient (Wildman–Crippen LogP) is 0.477. The molecular weight excluding hydrogens is 214 g/mol. The maximum Gasteiger partial charge on any atom is 0.218 e. The summed E-state index contributed by atoms with van der Waals surface area (Å²) in [5, 5.41) is 0. The van der Waals surface area contributed by atoms with Crippen LogP contribution in [0.5, 0.6) is 0 Å². The number of nitrogens with two attached hydrogens (primary N) is 1. The van der Waals surface area contributed by atoms with E-state index in [0.29, 0.717) is 0 Å². The lowest BCUT2D eigenvalue weighted by atomic mass is 10.2. The molecule has 0 saturated carbocycles. The fourth-order valence-electron chi connectivity index (χ4n) is 1.16. The first-order valence-corrected chi connectivity index (χ1v) is 6.34. The Bertz CT molecular complexity index is 425. The van der Waals surface area contributed by atoms with Crippen molar-refractivity contribution in [3.63, 3.8) is 0 Å². The molecule has 0 bridgehead atoms. The lowest BCUT2D eigenvalue weighted by Crippen LogP contribution is -2.18. The third kappa shape index (κ3) is 4.60. The second kappa shape index (κ2) is 4.93. The molecule has 0 aliphatic heterocycles. The van der Waals surface area contributed by atoms with Crippen LogP contribution in [0.2, 0.25) is 0 Å². The molecule has 82 valence electrons. The molecule has 4 nitrogen and oxygen atoms in total. The summed E-state index contributed by atoms with van der Waals surface area (Å²) >= 11 is 0. The highest BCUT2D eigenvalue weighted by Gasteiger charge is 2.12. The molecule has 0 unspecified atom stereocenters. The zero-order valence-electron chi connectivity index (χ0n) is 8.22. The average molecular weight is 227 g/mol. The Morgan fingerprint density at radius 3 is 2.33 bits per heavy atom. The Balaban J connectivity index is 2.61. The summed E-state index contributed by atoms with van der Waals surface area (Å²) in [5.41, 5.74) is 5.61. The molecule has 0 aliphatic carbocycles. The van der Waals surface area contributed by atoms with E-state index < -0.39 is 15.7 Å². The Morgan fingerprint density at radius 1 is 1.20 bits per heavy atom. The van der Waals surface area contributed by atoms with Gasteiger partial charge in [0, 0.05) is 6.42 Å². The predicted molar refractivity (Wildman–Crippen MR) is 57.7 cm³/mol. The lowest BCUT2D eigenvalue weighted by Gasteiger charge is -2.02. The van der Waals surface area contributed by atoms with Crippen molar-refractivity contribution in [1.29, 1.82) is 0 Å². The number of amides is 1. The summed E-state index contributed by atoms with van der Waals surface area (Å²) in [7, 11) is -3.23. The van der Waals surface area contributed by atoms with Crippen molar-refractivity contribution in [3.05, 3.63) is 35.9 Å². The number of hydrogen-bond acceptors (Lipinski definition) is 3. The number of carbonyl (C=O) groups excluding carboxylic acids is 1. The summed E-state index contributed by atoms with van der Waals surface area (Å²) in [4.78, 5) is 10.5. The van der Waals surface area contributed by atoms with Crippen molar-refractivity contribution in [3.8, 4) is 0 Å². The molecular formula is C10H13NO3S. The van der Waals surface area contributed by atoms with E-state index in [0.717, 1.165) is 5.56 Å². The fraction of sp³-hybridized carbons (Fsp3) is 0.300. The van der Waals surface area contributed by atoms with Gasteiger partial charge in [0.1, 0.15) is 0 Å². The highest BCUT2D eigenvalue weighted by Crippen LogP contribution is 2.06. The quantitative estimate of drug-likeness (QED) is 0.794. The van der Waals surface area contributed by atoms with E-state index in [9.17, 15) is 13.2 Å². The van der Waals surface area contributed by atoms with Crippen LogP contribution in [0.3, 0.4) is 0 Å². The number of benzene rings is 1.